The zero-order valence-electron chi connectivity index (χ0n) is 12.5. The monoisotopic (exact) mass is 269 g/mol. The molecule has 106 valence electrons. The summed E-state index contributed by atoms with van der Waals surface area (Å²) >= 11 is 0. The Morgan fingerprint density at radius 2 is 1.85 bits per heavy atom. The van der Waals surface area contributed by atoms with Gasteiger partial charge in [0.2, 0.25) is 0 Å². The molecule has 0 radical (unpaired) electrons. The highest BCUT2D eigenvalue weighted by Crippen LogP contribution is 2.16. The second kappa shape index (κ2) is 7.06. The van der Waals surface area contributed by atoms with Gasteiger partial charge >= 0.3 is 0 Å². The Balaban J connectivity index is 1.95. The van der Waals surface area contributed by atoms with Crippen molar-refractivity contribution in [2.75, 3.05) is 11.9 Å². The Hall–Kier alpha value is -1.87. The SMILES string of the molecule is CC(C)NCc1ccc(N(C)Cc2cccnc2)cc1. The Kier molecular flexibility index (Phi) is 5.13. The molecule has 0 saturated carbocycles. The Bertz CT molecular complexity index is 506. The summed E-state index contributed by atoms with van der Waals surface area (Å²) in [7, 11) is 2.11. The van der Waals surface area contributed by atoms with Gasteiger partial charge in [-0.25, -0.2) is 0 Å². The third-order valence-corrected chi connectivity index (χ3v) is 3.23. The van der Waals surface area contributed by atoms with Crippen LogP contribution in [0.2, 0.25) is 0 Å². The van der Waals surface area contributed by atoms with Crippen molar-refractivity contribution in [2.24, 2.45) is 0 Å². The third-order valence-electron chi connectivity index (χ3n) is 3.23. The molecule has 20 heavy (non-hydrogen) atoms. The molecule has 0 unspecified atom stereocenters. The molecule has 3 nitrogen and oxygen atoms in total. The van der Waals surface area contributed by atoms with Crippen LogP contribution in [0, 0.1) is 0 Å². The van der Waals surface area contributed by atoms with Crippen LogP contribution in [0.25, 0.3) is 0 Å². The summed E-state index contributed by atoms with van der Waals surface area (Å²) in [5, 5.41) is 3.43. The normalized spacial score (nSPS) is 10.8. The van der Waals surface area contributed by atoms with E-state index < -0.39 is 0 Å². The Labute approximate surface area is 121 Å². The van der Waals surface area contributed by atoms with Crippen LogP contribution in [-0.2, 0) is 13.1 Å². The lowest BCUT2D eigenvalue weighted by atomic mass is 10.1. The van der Waals surface area contributed by atoms with E-state index >= 15 is 0 Å². The number of pyridine rings is 1. The predicted molar refractivity (Wildman–Crippen MR) is 84.8 cm³/mol. The number of nitrogens with zero attached hydrogens (tertiary/aromatic N) is 2. The van der Waals surface area contributed by atoms with E-state index in [-0.39, 0.29) is 0 Å². The van der Waals surface area contributed by atoms with Crippen molar-refractivity contribution >= 4 is 5.69 Å². The van der Waals surface area contributed by atoms with Crippen LogP contribution in [0.3, 0.4) is 0 Å². The highest BCUT2D eigenvalue weighted by molar-refractivity contribution is 5.47. The molecule has 0 aliphatic heterocycles. The molecule has 0 aliphatic carbocycles. The van der Waals surface area contributed by atoms with E-state index in [2.05, 4.69) is 66.4 Å². The summed E-state index contributed by atoms with van der Waals surface area (Å²) in [6.07, 6.45) is 3.72. The molecule has 1 N–H and O–H groups in total. The molecule has 0 spiro atoms. The first kappa shape index (κ1) is 14.5. The van der Waals surface area contributed by atoms with Gasteiger partial charge < -0.3 is 10.2 Å². The summed E-state index contributed by atoms with van der Waals surface area (Å²) in [5.74, 6) is 0. The maximum Gasteiger partial charge on any atom is 0.0441 e. The van der Waals surface area contributed by atoms with Crippen molar-refractivity contribution in [1.82, 2.24) is 10.3 Å². The van der Waals surface area contributed by atoms with Gasteiger partial charge in [-0.3, -0.25) is 4.98 Å². The van der Waals surface area contributed by atoms with Crippen molar-refractivity contribution < 1.29 is 0 Å². The fourth-order valence-corrected chi connectivity index (χ4v) is 2.05. The number of benzene rings is 1. The van der Waals surface area contributed by atoms with Gasteiger partial charge in [0.05, 0.1) is 0 Å². The molecular weight excluding hydrogens is 246 g/mol. The Morgan fingerprint density at radius 1 is 1.10 bits per heavy atom. The van der Waals surface area contributed by atoms with E-state index in [1.54, 1.807) is 6.20 Å². The predicted octanol–water partition coefficient (Wildman–Crippen LogP) is 3.22. The van der Waals surface area contributed by atoms with Crippen LogP contribution in [0.5, 0.6) is 0 Å². The highest BCUT2D eigenvalue weighted by atomic mass is 15.1. The average Bonchev–Trinajstić information content (AvgIpc) is 2.46. The molecule has 0 amide bonds. The zero-order chi connectivity index (χ0) is 14.4. The van der Waals surface area contributed by atoms with Gasteiger partial charge in [-0.1, -0.05) is 32.0 Å². The van der Waals surface area contributed by atoms with E-state index in [1.165, 1.54) is 16.8 Å². The van der Waals surface area contributed by atoms with E-state index in [9.17, 15) is 0 Å². The molecule has 1 heterocycles. The van der Waals surface area contributed by atoms with E-state index in [1.807, 2.05) is 12.3 Å². The van der Waals surface area contributed by atoms with Crippen LogP contribution < -0.4 is 10.2 Å². The number of anilines is 1. The quantitative estimate of drug-likeness (QED) is 0.872. The first-order valence-electron chi connectivity index (χ1n) is 7.07. The zero-order valence-corrected chi connectivity index (χ0v) is 12.5. The molecule has 0 fully saturated rings. The molecule has 0 aliphatic rings. The summed E-state index contributed by atoms with van der Waals surface area (Å²) in [5.41, 5.74) is 3.76. The third kappa shape index (κ3) is 4.35. The van der Waals surface area contributed by atoms with E-state index in [4.69, 9.17) is 0 Å². The molecule has 1 aromatic carbocycles. The molecule has 2 rings (SSSR count). The average molecular weight is 269 g/mol. The minimum atomic E-state index is 0.517. The summed E-state index contributed by atoms with van der Waals surface area (Å²) in [4.78, 5) is 6.38. The minimum Gasteiger partial charge on any atom is -0.370 e. The van der Waals surface area contributed by atoms with Gasteiger partial charge in [-0.15, -0.1) is 0 Å². The van der Waals surface area contributed by atoms with Crippen molar-refractivity contribution in [2.45, 2.75) is 33.0 Å². The molecule has 3 heteroatoms. The van der Waals surface area contributed by atoms with Gasteiger partial charge in [-0.2, -0.15) is 0 Å². The van der Waals surface area contributed by atoms with Crippen molar-refractivity contribution in [3.8, 4) is 0 Å². The Morgan fingerprint density at radius 3 is 2.45 bits per heavy atom. The van der Waals surface area contributed by atoms with Crippen LogP contribution >= 0.6 is 0 Å². The van der Waals surface area contributed by atoms with Crippen molar-refractivity contribution in [3.05, 3.63) is 59.9 Å². The van der Waals surface area contributed by atoms with Gasteiger partial charge in [-0.05, 0) is 29.3 Å². The number of aromatic nitrogens is 1. The van der Waals surface area contributed by atoms with Gasteiger partial charge in [0.25, 0.3) is 0 Å². The second-order valence-electron chi connectivity index (χ2n) is 5.42. The lowest BCUT2D eigenvalue weighted by Gasteiger charge is -2.19. The number of nitrogens with one attached hydrogen (secondary N) is 1. The molecule has 0 atom stereocenters. The van der Waals surface area contributed by atoms with Crippen LogP contribution in [0.15, 0.2) is 48.8 Å². The first-order chi connectivity index (χ1) is 9.65. The maximum absolute atomic E-state index is 4.15. The number of hydrogen-bond acceptors (Lipinski definition) is 3. The van der Waals surface area contributed by atoms with Crippen LogP contribution in [-0.4, -0.2) is 18.1 Å². The van der Waals surface area contributed by atoms with E-state index in [0.717, 1.165) is 13.1 Å². The van der Waals surface area contributed by atoms with Crippen LogP contribution in [0.1, 0.15) is 25.0 Å². The fourth-order valence-electron chi connectivity index (χ4n) is 2.05. The van der Waals surface area contributed by atoms with Crippen molar-refractivity contribution in [1.29, 1.82) is 0 Å². The summed E-state index contributed by atoms with van der Waals surface area (Å²) in [6.45, 7) is 6.12. The largest absolute Gasteiger partial charge is 0.370 e. The molecule has 0 saturated heterocycles. The standard InChI is InChI=1S/C17H23N3/c1-14(2)19-12-15-6-8-17(9-7-15)20(3)13-16-5-4-10-18-11-16/h4-11,14,19H,12-13H2,1-3H3. The maximum atomic E-state index is 4.15. The van der Waals surface area contributed by atoms with E-state index in [0.29, 0.717) is 6.04 Å². The summed E-state index contributed by atoms with van der Waals surface area (Å²) in [6, 6.07) is 13.3. The van der Waals surface area contributed by atoms with Gasteiger partial charge in [0.15, 0.2) is 0 Å². The molecule has 1 aromatic heterocycles. The first-order valence-corrected chi connectivity index (χ1v) is 7.07. The lowest BCUT2D eigenvalue weighted by molar-refractivity contribution is 0.589. The second-order valence-corrected chi connectivity index (χ2v) is 5.42. The molecule has 2 aromatic rings. The lowest BCUT2D eigenvalue weighted by Crippen LogP contribution is -2.22. The van der Waals surface area contributed by atoms with Crippen molar-refractivity contribution in [3.63, 3.8) is 0 Å². The van der Waals surface area contributed by atoms with Crippen LogP contribution in [0.4, 0.5) is 5.69 Å². The van der Waals surface area contributed by atoms with Gasteiger partial charge in [0, 0.05) is 44.3 Å². The fraction of sp³-hybridized carbons (Fsp3) is 0.353. The highest BCUT2D eigenvalue weighted by Gasteiger charge is 2.02. The number of rotatable bonds is 6. The number of hydrogen-bond donors (Lipinski definition) is 1. The molecule has 0 bridgehead atoms. The smallest absolute Gasteiger partial charge is 0.0441 e. The molecular formula is C17H23N3. The van der Waals surface area contributed by atoms with Gasteiger partial charge in [0.1, 0.15) is 0 Å². The topological polar surface area (TPSA) is 28.2 Å². The minimum absolute atomic E-state index is 0.517. The summed E-state index contributed by atoms with van der Waals surface area (Å²) < 4.78 is 0.